The van der Waals surface area contributed by atoms with E-state index < -0.39 is 17.8 Å². The molecule has 0 saturated heterocycles. The number of hydrogen-bond acceptors (Lipinski definition) is 1. The standard InChI is InChI=1S/C17H18F3N/c1-3-12-6-4-5-7-15(12)16(21)14-9-8-13(10-11(14)2)17(18,19)20/h4-10,16H,3,21H2,1-2H3. The first-order chi connectivity index (χ1) is 9.84. The maximum Gasteiger partial charge on any atom is 0.416 e. The van der Waals surface area contributed by atoms with E-state index in [1.807, 2.05) is 31.2 Å². The molecule has 0 fully saturated rings. The zero-order valence-electron chi connectivity index (χ0n) is 12.0. The van der Waals surface area contributed by atoms with Gasteiger partial charge in [-0.1, -0.05) is 37.3 Å². The number of aryl methyl sites for hydroxylation is 2. The largest absolute Gasteiger partial charge is 0.416 e. The van der Waals surface area contributed by atoms with Crippen LogP contribution in [0.2, 0.25) is 0 Å². The minimum Gasteiger partial charge on any atom is -0.320 e. The Morgan fingerprint density at radius 3 is 2.29 bits per heavy atom. The first-order valence-corrected chi connectivity index (χ1v) is 6.85. The average molecular weight is 293 g/mol. The molecular formula is C17H18F3N. The molecule has 0 aromatic heterocycles. The topological polar surface area (TPSA) is 26.0 Å². The van der Waals surface area contributed by atoms with Crippen LogP contribution in [0.25, 0.3) is 0 Å². The monoisotopic (exact) mass is 293 g/mol. The molecule has 21 heavy (non-hydrogen) atoms. The molecule has 0 amide bonds. The van der Waals surface area contributed by atoms with E-state index in [9.17, 15) is 13.2 Å². The van der Waals surface area contributed by atoms with E-state index >= 15 is 0 Å². The summed E-state index contributed by atoms with van der Waals surface area (Å²) in [5.41, 5.74) is 8.99. The van der Waals surface area contributed by atoms with Gasteiger partial charge < -0.3 is 5.73 Å². The van der Waals surface area contributed by atoms with E-state index in [-0.39, 0.29) is 0 Å². The summed E-state index contributed by atoms with van der Waals surface area (Å²) in [6.45, 7) is 3.70. The van der Waals surface area contributed by atoms with Gasteiger partial charge in [-0.25, -0.2) is 0 Å². The van der Waals surface area contributed by atoms with Crippen LogP contribution in [-0.2, 0) is 12.6 Å². The number of halogens is 3. The summed E-state index contributed by atoms with van der Waals surface area (Å²) >= 11 is 0. The Labute approximate surface area is 122 Å². The van der Waals surface area contributed by atoms with Crippen molar-refractivity contribution in [2.24, 2.45) is 5.73 Å². The van der Waals surface area contributed by atoms with Gasteiger partial charge in [0.15, 0.2) is 0 Å². The SMILES string of the molecule is CCc1ccccc1C(N)c1ccc(C(F)(F)F)cc1C. The lowest BCUT2D eigenvalue weighted by Gasteiger charge is -2.19. The highest BCUT2D eigenvalue weighted by Gasteiger charge is 2.31. The third-order valence-electron chi connectivity index (χ3n) is 3.70. The lowest BCUT2D eigenvalue weighted by molar-refractivity contribution is -0.137. The Morgan fingerprint density at radius 2 is 1.71 bits per heavy atom. The van der Waals surface area contributed by atoms with Gasteiger partial charge in [0.05, 0.1) is 11.6 Å². The minimum atomic E-state index is -4.32. The summed E-state index contributed by atoms with van der Waals surface area (Å²) in [5.74, 6) is 0. The lowest BCUT2D eigenvalue weighted by atomic mass is 9.91. The second-order valence-corrected chi connectivity index (χ2v) is 5.10. The molecule has 1 nitrogen and oxygen atoms in total. The summed E-state index contributed by atoms with van der Waals surface area (Å²) in [6, 6.07) is 11.1. The molecule has 0 aliphatic rings. The van der Waals surface area contributed by atoms with Crippen LogP contribution >= 0.6 is 0 Å². The molecule has 2 aromatic rings. The second kappa shape index (κ2) is 5.90. The summed E-state index contributed by atoms with van der Waals surface area (Å²) in [6.07, 6.45) is -3.49. The molecule has 0 aliphatic heterocycles. The Hall–Kier alpha value is -1.81. The van der Waals surface area contributed by atoms with Crippen molar-refractivity contribution >= 4 is 0 Å². The summed E-state index contributed by atoms with van der Waals surface area (Å²) in [4.78, 5) is 0. The third kappa shape index (κ3) is 3.27. The van der Waals surface area contributed by atoms with Crippen molar-refractivity contribution in [1.29, 1.82) is 0 Å². The van der Waals surface area contributed by atoms with Gasteiger partial charge in [0.2, 0.25) is 0 Å². The second-order valence-electron chi connectivity index (χ2n) is 5.10. The fourth-order valence-corrected chi connectivity index (χ4v) is 2.53. The van der Waals surface area contributed by atoms with Crippen molar-refractivity contribution in [1.82, 2.24) is 0 Å². The van der Waals surface area contributed by atoms with Crippen LogP contribution in [0, 0.1) is 6.92 Å². The van der Waals surface area contributed by atoms with Crippen molar-refractivity contribution in [3.8, 4) is 0 Å². The quantitative estimate of drug-likeness (QED) is 0.877. The molecule has 0 saturated carbocycles. The van der Waals surface area contributed by atoms with E-state index in [4.69, 9.17) is 5.73 Å². The number of nitrogens with two attached hydrogens (primary N) is 1. The molecule has 0 bridgehead atoms. The van der Waals surface area contributed by atoms with Gasteiger partial charge in [-0.05, 0) is 47.7 Å². The van der Waals surface area contributed by atoms with Gasteiger partial charge in [-0.15, -0.1) is 0 Å². The Bertz CT molecular complexity index is 632. The highest BCUT2D eigenvalue weighted by atomic mass is 19.4. The molecule has 0 heterocycles. The van der Waals surface area contributed by atoms with E-state index in [0.717, 1.165) is 35.2 Å². The molecular weight excluding hydrogens is 275 g/mol. The zero-order chi connectivity index (χ0) is 15.6. The Kier molecular flexibility index (Phi) is 4.37. The maximum absolute atomic E-state index is 12.7. The molecule has 2 aromatic carbocycles. The smallest absolute Gasteiger partial charge is 0.320 e. The van der Waals surface area contributed by atoms with E-state index in [2.05, 4.69) is 0 Å². The van der Waals surface area contributed by atoms with Crippen LogP contribution < -0.4 is 5.73 Å². The normalized spacial score (nSPS) is 13.2. The van der Waals surface area contributed by atoms with E-state index in [1.54, 1.807) is 6.92 Å². The van der Waals surface area contributed by atoms with Crippen LogP contribution in [0.15, 0.2) is 42.5 Å². The van der Waals surface area contributed by atoms with Crippen LogP contribution in [0.4, 0.5) is 13.2 Å². The van der Waals surface area contributed by atoms with Crippen molar-refractivity contribution in [3.63, 3.8) is 0 Å². The highest BCUT2D eigenvalue weighted by molar-refractivity contribution is 5.42. The molecule has 0 spiro atoms. The van der Waals surface area contributed by atoms with E-state index in [1.165, 1.54) is 6.07 Å². The number of hydrogen-bond donors (Lipinski definition) is 1. The predicted octanol–water partition coefficient (Wildman–Crippen LogP) is 4.62. The van der Waals surface area contributed by atoms with Gasteiger partial charge in [0.25, 0.3) is 0 Å². The first-order valence-electron chi connectivity index (χ1n) is 6.85. The summed E-state index contributed by atoms with van der Waals surface area (Å²) in [7, 11) is 0. The fourth-order valence-electron chi connectivity index (χ4n) is 2.53. The fraction of sp³-hybridized carbons (Fsp3) is 0.294. The third-order valence-corrected chi connectivity index (χ3v) is 3.70. The summed E-state index contributed by atoms with van der Waals surface area (Å²) < 4.78 is 38.1. The van der Waals surface area contributed by atoms with Crippen LogP contribution in [0.5, 0.6) is 0 Å². The molecule has 2 N–H and O–H groups in total. The van der Waals surface area contributed by atoms with Gasteiger partial charge >= 0.3 is 6.18 Å². The number of alkyl halides is 3. The number of benzene rings is 2. The first kappa shape index (κ1) is 15.6. The molecule has 1 unspecified atom stereocenters. The number of rotatable bonds is 3. The zero-order valence-corrected chi connectivity index (χ0v) is 12.0. The molecule has 0 aliphatic carbocycles. The van der Waals surface area contributed by atoms with Gasteiger partial charge in [0.1, 0.15) is 0 Å². The molecule has 112 valence electrons. The Morgan fingerprint density at radius 1 is 1.05 bits per heavy atom. The predicted molar refractivity (Wildman–Crippen MR) is 78.0 cm³/mol. The van der Waals surface area contributed by atoms with E-state index in [0.29, 0.717) is 5.56 Å². The maximum atomic E-state index is 12.7. The highest BCUT2D eigenvalue weighted by Crippen LogP contribution is 2.33. The molecule has 4 heteroatoms. The lowest BCUT2D eigenvalue weighted by Crippen LogP contribution is -2.16. The average Bonchev–Trinajstić information content (AvgIpc) is 2.45. The Balaban J connectivity index is 2.42. The van der Waals surface area contributed by atoms with Crippen LogP contribution in [-0.4, -0.2) is 0 Å². The molecule has 0 radical (unpaired) electrons. The van der Waals surface area contributed by atoms with Crippen molar-refractivity contribution in [2.45, 2.75) is 32.5 Å². The van der Waals surface area contributed by atoms with Crippen molar-refractivity contribution in [3.05, 3.63) is 70.3 Å². The summed E-state index contributed by atoms with van der Waals surface area (Å²) in [5, 5.41) is 0. The van der Waals surface area contributed by atoms with Crippen LogP contribution in [0.3, 0.4) is 0 Å². The minimum absolute atomic E-state index is 0.413. The molecule has 2 rings (SSSR count). The van der Waals surface area contributed by atoms with Gasteiger partial charge in [-0.3, -0.25) is 0 Å². The van der Waals surface area contributed by atoms with Crippen LogP contribution in [0.1, 0.15) is 40.8 Å². The van der Waals surface area contributed by atoms with Crippen molar-refractivity contribution < 1.29 is 13.2 Å². The van der Waals surface area contributed by atoms with Gasteiger partial charge in [0, 0.05) is 0 Å². The molecule has 1 atom stereocenters. The van der Waals surface area contributed by atoms with Gasteiger partial charge in [-0.2, -0.15) is 13.2 Å². The van der Waals surface area contributed by atoms with Crippen molar-refractivity contribution in [2.75, 3.05) is 0 Å².